The molecule has 0 N–H and O–H groups in total. The summed E-state index contributed by atoms with van der Waals surface area (Å²) < 4.78 is 15.9. The Balaban J connectivity index is 0.00000112. The number of hydrogen-bond acceptors (Lipinski definition) is 6. The molecular weight excluding hydrogens is 215 g/mol. The average molecular weight is 219 g/mol. The first-order valence-corrected chi connectivity index (χ1v) is 3.64. The van der Waals surface area contributed by atoms with Gasteiger partial charge in [-0.2, -0.15) is 0 Å². The third kappa shape index (κ3) is 2.41. The van der Waals surface area contributed by atoms with E-state index >= 15 is 0 Å². The van der Waals surface area contributed by atoms with Crippen LogP contribution >= 0.6 is 0 Å². The molecule has 6 nitrogen and oxygen atoms in total. The van der Waals surface area contributed by atoms with Gasteiger partial charge in [0.1, 0.15) is 0 Å². The largest absolute Gasteiger partial charge is 0.391 e. The van der Waals surface area contributed by atoms with E-state index in [1.165, 1.54) is 12.1 Å². The Hall–Kier alpha value is -1.24. The van der Waals surface area contributed by atoms with Crippen molar-refractivity contribution in [3.63, 3.8) is 0 Å². The molecule has 0 unspecified atom stereocenters. The van der Waals surface area contributed by atoms with Gasteiger partial charge in [-0.1, -0.05) is 12.1 Å². The molecule has 1 aromatic carbocycles. The summed E-state index contributed by atoms with van der Waals surface area (Å²) in [5.74, 6) is 0. The van der Waals surface area contributed by atoms with Crippen molar-refractivity contribution in [3.05, 3.63) is 45.1 Å². The maximum atomic E-state index is 11.2. The van der Waals surface area contributed by atoms with Crippen molar-refractivity contribution in [1.29, 1.82) is 0 Å². The molecule has 0 saturated heterocycles. The first-order valence-electron chi connectivity index (χ1n) is 3.64. The zero-order chi connectivity index (χ0) is 9.97. The summed E-state index contributed by atoms with van der Waals surface area (Å²) in [4.78, 5) is 22.3. The standard InChI is InChI=1S/C8H4O6.Na/c9-7-5-3-1-2-4-6(5)8(10)12-14-13-11-7;/h1-4H;. The van der Waals surface area contributed by atoms with Crippen molar-refractivity contribution in [3.8, 4) is 0 Å². The molecule has 73 valence electrons. The maximum Gasteiger partial charge on any atom is 0.391 e. The summed E-state index contributed by atoms with van der Waals surface area (Å²) in [7, 11) is 0. The Morgan fingerprint density at radius 1 is 0.800 bits per heavy atom. The Labute approximate surface area is 104 Å². The van der Waals surface area contributed by atoms with Gasteiger partial charge in [-0.3, -0.25) is 0 Å². The molecule has 0 aliphatic carbocycles. The molecule has 1 aromatic heterocycles. The molecule has 0 aliphatic heterocycles. The van der Waals surface area contributed by atoms with Gasteiger partial charge < -0.3 is 0 Å². The minimum absolute atomic E-state index is 0. The zero-order valence-corrected chi connectivity index (χ0v) is 9.76. The molecule has 0 fully saturated rings. The van der Waals surface area contributed by atoms with Gasteiger partial charge in [-0.25, -0.2) is 18.7 Å². The molecule has 1 radical (unpaired) electrons. The summed E-state index contributed by atoms with van der Waals surface area (Å²) >= 11 is 0. The summed E-state index contributed by atoms with van der Waals surface area (Å²) in [5.41, 5.74) is -1.64. The Morgan fingerprint density at radius 3 is 1.60 bits per heavy atom. The van der Waals surface area contributed by atoms with Crippen LogP contribution in [0.15, 0.2) is 52.5 Å². The predicted octanol–water partition coefficient (Wildman–Crippen LogP) is 0.676. The predicted molar refractivity (Wildman–Crippen MR) is 48.9 cm³/mol. The second kappa shape index (κ2) is 5.01. The monoisotopic (exact) mass is 219 g/mol. The number of fused-ring (bicyclic) bond motifs is 1. The molecule has 0 saturated carbocycles. The molecule has 0 aliphatic rings. The van der Waals surface area contributed by atoms with Crippen molar-refractivity contribution in [2.75, 3.05) is 0 Å². The topological polar surface area (TPSA) is 86.7 Å². The third-order valence-electron chi connectivity index (χ3n) is 1.61. The van der Waals surface area contributed by atoms with E-state index in [4.69, 9.17) is 0 Å². The van der Waals surface area contributed by atoms with E-state index in [-0.39, 0.29) is 40.3 Å². The fourth-order valence-corrected chi connectivity index (χ4v) is 1.02. The van der Waals surface area contributed by atoms with Crippen LogP contribution in [-0.2, 0) is 0 Å². The van der Waals surface area contributed by atoms with Crippen molar-refractivity contribution in [1.82, 2.24) is 0 Å². The van der Waals surface area contributed by atoms with Crippen molar-refractivity contribution < 1.29 is 18.6 Å². The fraction of sp³-hybridized carbons (Fsp3) is 0. The minimum atomic E-state index is -0.822. The number of hydrogen-bond donors (Lipinski definition) is 0. The smallest absolute Gasteiger partial charge is 0.241 e. The van der Waals surface area contributed by atoms with E-state index in [0.29, 0.717) is 0 Å². The molecule has 0 atom stereocenters. The van der Waals surface area contributed by atoms with Gasteiger partial charge >= 0.3 is 11.3 Å². The van der Waals surface area contributed by atoms with Crippen LogP contribution in [0.4, 0.5) is 0 Å². The van der Waals surface area contributed by atoms with E-state index in [0.717, 1.165) is 0 Å². The van der Waals surface area contributed by atoms with Crippen molar-refractivity contribution in [2.45, 2.75) is 0 Å². The van der Waals surface area contributed by atoms with E-state index in [9.17, 15) is 9.59 Å². The van der Waals surface area contributed by atoms with E-state index in [1.807, 2.05) is 0 Å². The summed E-state index contributed by atoms with van der Waals surface area (Å²) in [6, 6.07) is 5.98. The van der Waals surface area contributed by atoms with Crippen LogP contribution in [0.25, 0.3) is 10.8 Å². The maximum absolute atomic E-state index is 11.2. The Bertz CT molecular complexity index is 545. The van der Waals surface area contributed by atoms with Gasteiger partial charge in [-0.05, 0) is 21.6 Å². The van der Waals surface area contributed by atoms with Crippen LogP contribution in [0.2, 0.25) is 0 Å². The SMILES string of the molecule is O=c1ooooc(=O)c2ccccc12.[Na]. The van der Waals surface area contributed by atoms with Crippen molar-refractivity contribution >= 4 is 40.3 Å². The fourth-order valence-electron chi connectivity index (χ4n) is 1.02. The van der Waals surface area contributed by atoms with Crippen molar-refractivity contribution in [2.24, 2.45) is 0 Å². The molecule has 0 spiro atoms. The van der Waals surface area contributed by atoms with Gasteiger partial charge in [0, 0.05) is 29.6 Å². The van der Waals surface area contributed by atoms with Crippen LogP contribution in [0.3, 0.4) is 0 Å². The molecule has 15 heavy (non-hydrogen) atoms. The van der Waals surface area contributed by atoms with Gasteiger partial charge in [0.15, 0.2) is 0 Å². The van der Waals surface area contributed by atoms with Crippen LogP contribution < -0.4 is 11.3 Å². The second-order valence-electron chi connectivity index (χ2n) is 2.42. The quantitative estimate of drug-likeness (QED) is 0.478. The van der Waals surface area contributed by atoms with Crippen LogP contribution in [0, 0.1) is 0 Å². The molecule has 7 heteroatoms. The normalized spacial score (nSPS) is 9.33. The molecule has 2 rings (SSSR count). The van der Waals surface area contributed by atoms with Gasteiger partial charge in [0.2, 0.25) is 0 Å². The number of benzene rings is 1. The number of rotatable bonds is 0. The van der Waals surface area contributed by atoms with E-state index < -0.39 is 11.3 Å². The first-order chi connectivity index (χ1) is 6.79. The van der Waals surface area contributed by atoms with Crippen LogP contribution in [0.1, 0.15) is 0 Å². The van der Waals surface area contributed by atoms with Gasteiger partial charge in [0.25, 0.3) is 0 Å². The summed E-state index contributed by atoms with van der Waals surface area (Å²) in [6.45, 7) is 0. The Kier molecular flexibility index (Phi) is 3.96. The Morgan fingerprint density at radius 2 is 1.20 bits per heavy atom. The van der Waals surface area contributed by atoms with E-state index in [2.05, 4.69) is 18.6 Å². The molecule has 0 amide bonds. The average Bonchev–Trinajstić information content (AvgIpc) is 2.22. The first kappa shape index (κ1) is 11.8. The molecule has 2 aromatic rings. The van der Waals surface area contributed by atoms with Gasteiger partial charge in [0.05, 0.1) is 10.8 Å². The zero-order valence-electron chi connectivity index (χ0n) is 7.76. The molecular formula is C8H4NaO6. The van der Waals surface area contributed by atoms with E-state index in [1.54, 1.807) is 12.1 Å². The van der Waals surface area contributed by atoms with Crippen LogP contribution in [0.5, 0.6) is 0 Å². The molecule has 1 heterocycles. The minimum Gasteiger partial charge on any atom is -0.241 e. The van der Waals surface area contributed by atoms with Gasteiger partial charge in [-0.15, -0.1) is 0 Å². The van der Waals surface area contributed by atoms with Crippen LogP contribution in [-0.4, -0.2) is 29.6 Å². The molecule has 0 bridgehead atoms. The summed E-state index contributed by atoms with van der Waals surface area (Å²) in [5, 5.41) is 0.113. The summed E-state index contributed by atoms with van der Waals surface area (Å²) in [6.07, 6.45) is 0. The second-order valence-corrected chi connectivity index (χ2v) is 2.42. The third-order valence-corrected chi connectivity index (χ3v) is 1.61.